The number of aromatic nitrogens is 3. The summed E-state index contributed by atoms with van der Waals surface area (Å²) in [6.07, 6.45) is -2.88. The van der Waals surface area contributed by atoms with E-state index in [1.165, 1.54) is 4.68 Å². The molecule has 0 spiro atoms. The maximum absolute atomic E-state index is 13.8. The zero-order valence-corrected chi connectivity index (χ0v) is 29.7. The number of halogens is 5. The lowest BCUT2D eigenvalue weighted by atomic mass is 9.97. The molecule has 5 aromatic rings. The van der Waals surface area contributed by atoms with E-state index in [0.717, 1.165) is 46.9 Å². The molecule has 2 aromatic heterocycles. The molecule has 0 bridgehead atoms. The van der Waals surface area contributed by atoms with Crippen LogP contribution in [0.4, 0.5) is 13.2 Å². The van der Waals surface area contributed by atoms with Crippen LogP contribution in [-0.4, -0.2) is 53.3 Å². The number of hydrogen-bond acceptors (Lipinski definition) is 5. The highest BCUT2D eigenvalue weighted by Crippen LogP contribution is 2.40. The lowest BCUT2D eigenvalue weighted by Gasteiger charge is -2.15. The summed E-state index contributed by atoms with van der Waals surface area (Å²) in [7, 11) is 3.54. The van der Waals surface area contributed by atoms with Crippen LogP contribution in [-0.2, 0) is 36.5 Å². The van der Waals surface area contributed by atoms with Crippen LogP contribution in [0, 0.1) is 0 Å². The van der Waals surface area contributed by atoms with Gasteiger partial charge in [-0.3, -0.25) is 4.68 Å². The number of benzene rings is 3. The Kier molecular flexibility index (Phi) is 13.0. The normalized spacial score (nSPS) is 11.6. The SMILES string of the molecule is CCOC(=O)c1c(CCCOc2cccc3ccccc23)c2cccc(-c3c(CC(F)(F)F)nn(C)c3CBr)c2n1CCCCNC.Cl. The number of aryl methyl sites for hydroxylation is 3. The second-order valence-electron chi connectivity index (χ2n) is 11.5. The van der Waals surface area contributed by atoms with Gasteiger partial charge < -0.3 is 19.4 Å². The number of esters is 1. The van der Waals surface area contributed by atoms with E-state index < -0.39 is 18.6 Å². The predicted octanol–water partition coefficient (Wildman–Crippen LogP) is 8.80. The Morgan fingerprint density at radius 2 is 1.73 bits per heavy atom. The molecule has 0 aliphatic heterocycles. The van der Waals surface area contributed by atoms with Crippen molar-refractivity contribution in [2.24, 2.45) is 7.05 Å². The summed E-state index contributed by atoms with van der Waals surface area (Å²) in [6, 6.07) is 19.6. The maximum atomic E-state index is 13.8. The standard InChI is InChI=1S/C36H40BrF3N4O3.ClH/c1-4-46-35(45)34-27(17-11-21-47-31-18-9-13-24-12-5-6-14-25(24)31)26-15-10-16-28(33(26)44(34)20-8-7-19-41-2)32-29(22-36(38,39)40)42-43(3)30(32)23-37;/h5-6,9-10,12-16,18,41H,4,7-8,11,17,19-23H2,1-3H3;1H. The molecule has 0 saturated carbocycles. The molecule has 2 heterocycles. The van der Waals surface area contributed by atoms with Gasteiger partial charge in [-0.25, -0.2) is 4.79 Å². The quantitative estimate of drug-likeness (QED) is 0.0659. The first-order chi connectivity index (χ1) is 22.7. The number of ether oxygens (including phenoxy) is 2. The summed E-state index contributed by atoms with van der Waals surface area (Å²) in [4.78, 5) is 13.7. The fourth-order valence-electron chi connectivity index (χ4n) is 6.31. The van der Waals surface area contributed by atoms with Crippen LogP contribution in [0.1, 0.15) is 53.6 Å². The van der Waals surface area contributed by atoms with Crippen LogP contribution in [0.2, 0.25) is 0 Å². The molecule has 7 nitrogen and oxygen atoms in total. The van der Waals surface area contributed by atoms with Gasteiger partial charge in [0.15, 0.2) is 0 Å². The van der Waals surface area contributed by atoms with Crippen LogP contribution >= 0.6 is 28.3 Å². The topological polar surface area (TPSA) is 70.3 Å². The number of carbonyl (C=O) groups excluding carboxylic acids is 1. The van der Waals surface area contributed by atoms with E-state index in [9.17, 15) is 18.0 Å². The number of hydrogen-bond donors (Lipinski definition) is 1. The molecule has 12 heteroatoms. The molecule has 3 aromatic carbocycles. The van der Waals surface area contributed by atoms with Crippen molar-refractivity contribution in [3.63, 3.8) is 0 Å². The third kappa shape index (κ3) is 8.18. The van der Waals surface area contributed by atoms with Crippen LogP contribution in [0.15, 0.2) is 60.7 Å². The number of nitrogens with zero attached hydrogens (tertiary/aromatic N) is 3. The molecule has 0 atom stereocenters. The lowest BCUT2D eigenvalue weighted by Crippen LogP contribution is -2.16. The van der Waals surface area contributed by atoms with Crippen molar-refractivity contribution in [1.82, 2.24) is 19.7 Å². The number of fused-ring (bicyclic) bond motifs is 2. The highest BCUT2D eigenvalue weighted by Gasteiger charge is 2.34. The number of alkyl halides is 4. The van der Waals surface area contributed by atoms with Crippen LogP contribution in [0.25, 0.3) is 32.8 Å². The fraction of sp³-hybridized carbons (Fsp3) is 0.389. The van der Waals surface area contributed by atoms with Gasteiger partial charge in [0.25, 0.3) is 0 Å². The van der Waals surface area contributed by atoms with Gasteiger partial charge in [-0.2, -0.15) is 18.3 Å². The van der Waals surface area contributed by atoms with Crippen molar-refractivity contribution in [3.8, 4) is 16.9 Å². The molecule has 0 radical (unpaired) electrons. The van der Waals surface area contributed by atoms with Gasteiger partial charge in [0.1, 0.15) is 11.4 Å². The molecule has 48 heavy (non-hydrogen) atoms. The maximum Gasteiger partial charge on any atom is 0.394 e. The smallest absolute Gasteiger partial charge is 0.394 e. The molecular weight excluding hydrogens is 709 g/mol. The number of para-hydroxylation sites is 1. The minimum atomic E-state index is -4.44. The number of unbranched alkanes of at least 4 members (excludes halogenated alkanes) is 1. The summed E-state index contributed by atoms with van der Waals surface area (Å²) >= 11 is 3.49. The van der Waals surface area contributed by atoms with E-state index in [0.29, 0.717) is 59.4 Å². The summed E-state index contributed by atoms with van der Waals surface area (Å²) in [6.45, 7) is 3.67. The minimum absolute atomic E-state index is 0. The van der Waals surface area contributed by atoms with Crippen molar-refractivity contribution in [3.05, 3.63) is 83.3 Å². The Labute approximate surface area is 293 Å². The second-order valence-corrected chi connectivity index (χ2v) is 12.0. The summed E-state index contributed by atoms with van der Waals surface area (Å²) in [5.41, 5.74) is 3.57. The van der Waals surface area contributed by atoms with Gasteiger partial charge in [-0.1, -0.05) is 70.5 Å². The van der Waals surface area contributed by atoms with Gasteiger partial charge in [-0.05, 0) is 63.2 Å². The van der Waals surface area contributed by atoms with Crippen molar-refractivity contribution in [2.75, 3.05) is 26.8 Å². The number of nitrogens with one attached hydrogen (secondary N) is 1. The highest BCUT2D eigenvalue weighted by atomic mass is 79.9. The van der Waals surface area contributed by atoms with Crippen molar-refractivity contribution < 1.29 is 27.4 Å². The Bertz CT molecular complexity index is 1850. The molecule has 0 aliphatic carbocycles. The van der Waals surface area contributed by atoms with Gasteiger partial charge in [0.05, 0.1) is 36.5 Å². The zero-order valence-electron chi connectivity index (χ0n) is 27.3. The van der Waals surface area contributed by atoms with Crippen molar-refractivity contribution in [1.29, 1.82) is 0 Å². The molecule has 0 saturated heterocycles. The van der Waals surface area contributed by atoms with E-state index in [1.54, 1.807) is 14.0 Å². The zero-order chi connectivity index (χ0) is 33.6. The van der Waals surface area contributed by atoms with Crippen molar-refractivity contribution >= 4 is 56.0 Å². The Morgan fingerprint density at radius 3 is 2.46 bits per heavy atom. The molecule has 0 unspecified atom stereocenters. The second kappa shape index (κ2) is 16.7. The van der Waals surface area contributed by atoms with E-state index in [2.05, 4.69) is 26.3 Å². The van der Waals surface area contributed by atoms with Gasteiger partial charge in [0, 0.05) is 40.8 Å². The van der Waals surface area contributed by atoms with Gasteiger partial charge in [0.2, 0.25) is 0 Å². The molecule has 5 rings (SSSR count). The Hall–Kier alpha value is -3.54. The van der Waals surface area contributed by atoms with Crippen molar-refractivity contribution in [2.45, 2.75) is 57.1 Å². The third-order valence-electron chi connectivity index (χ3n) is 8.29. The highest BCUT2D eigenvalue weighted by molar-refractivity contribution is 9.08. The monoisotopic (exact) mass is 748 g/mol. The first-order valence-electron chi connectivity index (χ1n) is 15.9. The van der Waals surface area contributed by atoms with E-state index in [1.807, 2.05) is 72.3 Å². The fourth-order valence-corrected chi connectivity index (χ4v) is 6.96. The average Bonchev–Trinajstić information content (AvgIpc) is 3.53. The molecular formula is C36H41BrClF3N4O3. The van der Waals surface area contributed by atoms with Gasteiger partial charge >= 0.3 is 12.1 Å². The van der Waals surface area contributed by atoms with Crippen LogP contribution in [0.3, 0.4) is 0 Å². The lowest BCUT2D eigenvalue weighted by molar-refractivity contribution is -0.127. The number of carbonyl (C=O) groups is 1. The third-order valence-corrected chi connectivity index (χ3v) is 8.83. The molecule has 0 fully saturated rings. The van der Waals surface area contributed by atoms with E-state index >= 15 is 0 Å². The molecule has 1 N–H and O–H groups in total. The minimum Gasteiger partial charge on any atom is -0.493 e. The molecule has 0 aliphatic rings. The van der Waals surface area contributed by atoms with Gasteiger partial charge in [-0.15, -0.1) is 12.4 Å². The predicted molar refractivity (Wildman–Crippen MR) is 191 cm³/mol. The Morgan fingerprint density at radius 1 is 1.00 bits per heavy atom. The largest absolute Gasteiger partial charge is 0.493 e. The van der Waals surface area contributed by atoms with Crippen LogP contribution in [0.5, 0.6) is 5.75 Å². The molecule has 258 valence electrons. The number of rotatable bonds is 15. The first kappa shape index (κ1) is 37.3. The summed E-state index contributed by atoms with van der Waals surface area (Å²) in [5, 5.41) is 10.7. The van der Waals surface area contributed by atoms with E-state index in [4.69, 9.17) is 9.47 Å². The summed E-state index contributed by atoms with van der Waals surface area (Å²) in [5.74, 6) is 0.342. The first-order valence-corrected chi connectivity index (χ1v) is 17.0. The summed E-state index contributed by atoms with van der Waals surface area (Å²) < 4.78 is 56.7. The Balaban J connectivity index is 0.00000520. The van der Waals surface area contributed by atoms with Crippen LogP contribution < -0.4 is 10.1 Å². The average molecular weight is 750 g/mol. The van der Waals surface area contributed by atoms with E-state index in [-0.39, 0.29) is 24.7 Å². The molecule has 0 amide bonds.